The Morgan fingerprint density at radius 1 is 1.18 bits per heavy atom. The number of nitrogens with zero attached hydrogens (tertiary/aromatic N) is 5. The number of pyridine rings is 1. The highest BCUT2D eigenvalue weighted by Crippen LogP contribution is 2.30. The van der Waals surface area contributed by atoms with Crippen LogP contribution in [0.15, 0.2) is 36.5 Å². The maximum absolute atomic E-state index is 14.2. The molecule has 1 amide bonds. The lowest BCUT2D eigenvalue weighted by Crippen LogP contribution is -2.19. The molecule has 174 valence electrons. The summed E-state index contributed by atoms with van der Waals surface area (Å²) in [6.07, 6.45) is 2.49. The predicted octanol–water partition coefficient (Wildman–Crippen LogP) is 3.20. The number of hydrogen-bond acceptors (Lipinski definition) is 8. The van der Waals surface area contributed by atoms with Crippen molar-refractivity contribution in [1.82, 2.24) is 24.7 Å². The highest BCUT2D eigenvalue weighted by atomic mass is 19.1. The fraction of sp³-hybridized carbons (Fsp3) is 0.227. The maximum Gasteiger partial charge on any atom is 0.411 e. The number of nitrogen functional groups attached to an aromatic ring is 2. The first-order chi connectivity index (χ1) is 16.4. The van der Waals surface area contributed by atoms with Gasteiger partial charge in [0.1, 0.15) is 22.8 Å². The third kappa shape index (κ3) is 4.29. The number of nitrogens with one attached hydrogen (secondary N) is 1. The number of halogens is 2. The van der Waals surface area contributed by atoms with Gasteiger partial charge in [-0.1, -0.05) is 18.2 Å². The number of fused-ring (bicyclic) bond motifs is 1. The van der Waals surface area contributed by atoms with Crippen LogP contribution in [-0.4, -0.2) is 37.4 Å². The molecule has 34 heavy (non-hydrogen) atoms. The lowest BCUT2D eigenvalue weighted by molar-refractivity contribution is 0.156. The highest BCUT2D eigenvalue weighted by molar-refractivity contribution is 5.92. The molecule has 4 aromatic rings. The quantitative estimate of drug-likeness (QED) is 0.393. The van der Waals surface area contributed by atoms with E-state index < -0.39 is 17.7 Å². The number of carbonyl (C=O) groups excluding carboxylic acids is 1. The fourth-order valence-corrected chi connectivity index (χ4v) is 3.45. The van der Waals surface area contributed by atoms with Crippen LogP contribution in [0, 0.1) is 17.6 Å². The van der Waals surface area contributed by atoms with E-state index in [1.54, 1.807) is 18.2 Å². The number of amides is 1. The minimum atomic E-state index is -0.718. The van der Waals surface area contributed by atoms with E-state index in [0.717, 1.165) is 19.0 Å². The predicted molar refractivity (Wildman–Crippen MR) is 120 cm³/mol. The Labute approximate surface area is 192 Å². The molecule has 1 aliphatic carbocycles. The van der Waals surface area contributed by atoms with E-state index in [9.17, 15) is 13.6 Å². The fourth-order valence-electron chi connectivity index (χ4n) is 3.45. The zero-order valence-corrected chi connectivity index (χ0v) is 17.8. The number of benzene rings is 1. The summed E-state index contributed by atoms with van der Waals surface area (Å²) in [6, 6.07) is 7.46. The standard InChI is InChI=1S/C22H20F2N8O2/c23-13-8-16-17(27-9-13)15(7-12-3-1-2-4-14(12)24)31-32(16)21-29-19(25)18(20(26)30-21)28-22(33)34-10-11-5-6-11/h1-4,8-9,11H,5-7,10H2,(H,28,33)(H4,25,26,29,30). The Kier molecular flexibility index (Phi) is 5.40. The van der Waals surface area contributed by atoms with Gasteiger partial charge in [0.15, 0.2) is 11.6 Å². The normalized spacial score (nSPS) is 13.2. The number of anilines is 3. The molecule has 3 heterocycles. The van der Waals surface area contributed by atoms with Crippen LogP contribution in [0.2, 0.25) is 0 Å². The first-order valence-electron chi connectivity index (χ1n) is 10.5. The van der Waals surface area contributed by atoms with Gasteiger partial charge in [0.05, 0.1) is 24.0 Å². The molecular formula is C22H20F2N8O2. The molecule has 1 fully saturated rings. The number of hydrogen-bond donors (Lipinski definition) is 3. The Balaban J connectivity index is 1.50. The summed E-state index contributed by atoms with van der Waals surface area (Å²) in [7, 11) is 0. The summed E-state index contributed by atoms with van der Waals surface area (Å²) in [6.45, 7) is 0.313. The number of nitrogens with two attached hydrogens (primary N) is 2. The average molecular weight is 466 g/mol. The lowest BCUT2D eigenvalue weighted by Gasteiger charge is -2.12. The van der Waals surface area contributed by atoms with Crippen LogP contribution >= 0.6 is 0 Å². The molecule has 3 aromatic heterocycles. The Hall–Kier alpha value is -4.35. The molecule has 5 rings (SSSR count). The van der Waals surface area contributed by atoms with Crippen molar-refractivity contribution in [1.29, 1.82) is 0 Å². The number of rotatable bonds is 6. The molecular weight excluding hydrogens is 446 g/mol. The molecule has 5 N–H and O–H groups in total. The lowest BCUT2D eigenvalue weighted by atomic mass is 10.1. The Morgan fingerprint density at radius 2 is 1.91 bits per heavy atom. The van der Waals surface area contributed by atoms with Crippen LogP contribution in [0.4, 0.5) is 30.9 Å². The van der Waals surface area contributed by atoms with Crippen molar-refractivity contribution < 1.29 is 18.3 Å². The summed E-state index contributed by atoms with van der Waals surface area (Å²) in [5, 5.41) is 6.89. The maximum atomic E-state index is 14.2. The molecule has 0 unspecified atom stereocenters. The molecule has 0 aliphatic heterocycles. The molecule has 1 saturated carbocycles. The minimum Gasteiger partial charge on any atom is -0.449 e. The van der Waals surface area contributed by atoms with Gasteiger partial charge in [0.25, 0.3) is 5.95 Å². The summed E-state index contributed by atoms with van der Waals surface area (Å²) in [4.78, 5) is 24.5. The van der Waals surface area contributed by atoms with E-state index in [4.69, 9.17) is 16.2 Å². The molecule has 1 aliphatic rings. The largest absolute Gasteiger partial charge is 0.449 e. The molecule has 0 radical (unpaired) electrons. The van der Waals surface area contributed by atoms with E-state index in [-0.39, 0.29) is 35.2 Å². The molecule has 1 aromatic carbocycles. The van der Waals surface area contributed by atoms with Crippen molar-refractivity contribution in [3.8, 4) is 5.95 Å². The summed E-state index contributed by atoms with van der Waals surface area (Å²) in [5.41, 5.74) is 13.4. The first-order valence-corrected chi connectivity index (χ1v) is 10.5. The third-order valence-corrected chi connectivity index (χ3v) is 5.39. The van der Waals surface area contributed by atoms with Crippen molar-refractivity contribution in [2.45, 2.75) is 19.3 Å². The van der Waals surface area contributed by atoms with Crippen LogP contribution in [0.1, 0.15) is 24.1 Å². The first kappa shape index (κ1) is 21.5. The van der Waals surface area contributed by atoms with E-state index in [0.29, 0.717) is 29.3 Å². The highest BCUT2D eigenvalue weighted by Gasteiger charge is 2.24. The second-order valence-electron chi connectivity index (χ2n) is 7.98. The van der Waals surface area contributed by atoms with Crippen LogP contribution < -0.4 is 16.8 Å². The van der Waals surface area contributed by atoms with E-state index in [1.807, 2.05) is 0 Å². The zero-order valence-electron chi connectivity index (χ0n) is 17.8. The molecule has 0 atom stereocenters. The molecule has 0 spiro atoms. The van der Waals surface area contributed by atoms with Gasteiger partial charge in [-0.3, -0.25) is 5.32 Å². The third-order valence-electron chi connectivity index (χ3n) is 5.39. The number of ether oxygens (including phenoxy) is 1. The van der Waals surface area contributed by atoms with Gasteiger partial charge in [-0.2, -0.15) is 19.7 Å². The number of carbonyl (C=O) groups is 1. The van der Waals surface area contributed by atoms with E-state index in [1.165, 1.54) is 16.8 Å². The second-order valence-corrected chi connectivity index (χ2v) is 7.98. The molecule has 0 bridgehead atoms. The SMILES string of the molecule is Nc1nc(-n2nc(Cc3ccccc3F)c3ncc(F)cc32)nc(N)c1NC(=O)OCC1CC1. The van der Waals surface area contributed by atoms with Crippen molar-refractivity contribution in [3.63, 3.8) is 0 Å². The van der Waals surface area contributed by atoms with Crippen molar-refractivity contribution in [2.24, 2.45) is 5.92 Å². The van der Waals surface area contributed by atoms with Gasteiger partial charge in [0, 0.05) is 12.5 Å². The summed E-state index contributed by atoms with van der Waals surface area (Å²) >= 11 is 0. The zero-order chi connectivity index (χ0) is 23.8. The molecule has 0 saturated heterocycles. The van der Waals surface area contributed by atoms with E-state index in [2.05, 4.69) is 25.4 Å². The summed E-state index contributed by atoms with van der Waals surface area (Å²) in [5.74, 6) is -0.947. The Morgan fingerprint density at radius 3 is 2.62 bits per heavy atom. The van der Waals surface area contributed by atoms with Gasteiger partial charge in [-0.15, -0.1) is 0 Å². The van der Waals surface area contributed by atoms with Gasteiger partial charge < -0.3 is 16.2 Å². The smallest absolute Gasteiger partial charge is 0.411 e. The van der Waals surface area contributed by atoms with Crippen molar-refractivity contribution in [2.75, 3.05) is 23.4 Å². The van der Waals surface area contributed by atoms with Gasteiger partial charge in [-0.05, 0) is 30.4 Å². The van der Waals surface area contributed by atoms with Crippen molar-refractivity contribution in [3.05, 3.63) is 59.4 Å². The van der Waals surface area contributed by atoms with Gasteiger partial charge in [-0.25, -0.2) is 18.6 Å². The molecule has 12 heteroatoms. The van der Waals surface area contributed by atoms with Crippen molar-refractivity contribution >= 4 is 34.4 Å². The van der Waals surface area contributed by atoms with Crippen LogP contribution in [-0.2, 0) is 11.2 Å². The Bertz CT molecular complexity index is 1380. The average Bonchev–Trinajstić information content (AvgIpc) is 3.57. The van der Waals surface area contributed by atoms with Crippen LogP contribution in [0.5, 0.6) is 0 Å². The monoisotopic (exact) mass is 466 g/mol. The van der Waals surface area contributed by atoms with Crippen LogP contribution in [0.3, 0.4) is 0 Å². The second kappa shape index (κ2) is 8.54. The summed E-state index contributed by atoms with van der Waals surface area (Å²) < 4.78 is 34.6. The van der Waals surface area contributed by atoms with Gasteiger partial charge >= 0.3 is 6.09 Å². The van der Waals surface area contributed by atoms with Gasteiger partial charge in [0.2, 0.25) is 0 Å². The topological polar surface area (TPSA) is 147 Å². The van der Waals surface area contributed by atoms with E-state index >= 15 is 0 Å². The van der Waals surface area contributed by atoms with Crippen LogP contribution in [0.25, 0.3) is 17.0 Å². The molecule has 10 nitrogen and oxygen atoms in total. The number of aromatic nitrogens is 5. The minimum absolute atomic E-state index is 0.00288.